The second kappa shape index (κ2) is 12.8. The molecule has 0 spiro atoms. The zero-order valence-electron chi connectivity index (χ0n) is 19.1. The van der Waals surface area contributed by atoms with Crippen molar-refractivity contribution in [3.8, 4) is 11.5 Å². The highest BCUT2D eigenvalue weighted by Crippen LogP contribution is 2.29. The average Bonchev–Trinajstić information content (AvgIpc) is 3.37. The van der Waals surface area contributed by atoms with Crippen LogP contribution in [0.1, 0.15) is 49.1 Å². The first-order chi connectivity index (χ1) is 14.6. The third-order valence-corrected chi connectivity index (χ3v) is 5.48. The molecule has 0 atom stereocenters. The minimum Gasteiger partial charge on any atom is -0.497 e. The largest absolute Gasteiger partial charge is 0.497 e. The Bertz CT molecular complexity index is 846. The molecule has 0 aliphatic heterocycles. The summed E-state index contributed by atoms with van der Waals surface area (Å²) >= 11 is 0. The molecule has 2 aromatic rings. The van der Waals surface area contributed by atoms with E-state index in [4.69, 9.17) is 9.47 Å². The normalized spacial score (nSPS) is 14.3. The number of nitrogens with one attached hydrogen (secondary N) is 2. The maximum absolute atomic E-state index is 6.29. The van der Waals surface area contributed by atoms with Crippen molar-refractivity contribution in [3.05, 3.63) is 41.2 Å². The van der Waals surface area contributed by atoms with E-state index in [1.165, 1.54) is 18.5 Å². The Balaban J connectivity index is 0.00000341. The van der Waals surface area contributed by atoms with Crippen molar-refractivity contribution < 1.29 is 9.47 Å². The van der Waals surface area contributed by atoms with Crippen molar-refractivity contribution in [1.29, 1.82) is 0 Å². The van der Waals surface area contributed by atoms with Crippen molar-refractivity contribution >= 4 is 29.9 Å². The van der Waals surface area contributed by atoms with Gasteiger partial charge in [0.15, 0.2) is 5.96 Å². The molecule has 172 valence electrons. The Kier molecular flexibility index (Phi) is 10.4. The van der Waals surface area contributed by atoms with Crippen molar-refractivity contribution in [3.63, 3.8) is 0 Å². The van der Waals surface area contributed by atoms with Gasteiger partial charge in [-0.25, -0.2) is 0 Å². The van der Waals surface area contributed by atoms with Crippen LogP contribution in [-0.4, -0.2) is 42.5 Å². The van der Waals surface area contributed by atoms with E-state index < -0.39 is 0 Å². The SMILES string of the molecule is CN=C(NCCCn1nc(C)cc1C)NCc1ccc(OC)cc1OC1CCCC1.I. The van der Waals surface area contributed by atoms with Gasteiger partial charge in [0.05, 0.1) is 18.9 Å². The molecule has 1 aliphatic carbocycles. The fraction of sp³-hybridized carbons (Fsp3) is 0.565. The number of halogens is 1. The van der Waals surface area contributed by atoms with Crippen molar-refractivity contribution in [2.75, 3.05) is 20.7 Å². The van der Waals surface area contributed by atoms with Crippen LogP contribution in [0.25, 0.3) is 0 Å². The van der Waals surface area contributed by atoms with Gasteiger partial charge in [0, 0.05) is 44.0 Å². The molecule has 0 amide bonds. The van der Waals surface area contributed by atoms with Gasteiger partial charge in [-0.2, -0.15) is 5.10 Å². The number of hydrogen-bond donors (Lipinski definition) is 2. The van der Waals surface area contributed by atoms with Crippen LogP contribution < -0.4 is 20.1 Å². The van der Waals surface area contributed by atoms with E-state index in [1.54, 1.807) is 14.2 Å². The van der Waals surface area contributed by atoms with E-state index in [-0.39, 0.29) is 24.0 Å². The predicted molar refractivity (Wildman–Crippen MR) is 136 cm³/mol. The lowest BCUT2D eigenvalue weighted by atomic mass is 10.2. The van der Waals surface area contributed by atoms with E-state index in [9.17, 15) is 0 Å². The lowest BCUT2D eigenvalue weighted by Gasteiger charge is -2.19. The van der Waals surface area contributed by atoms with Crippen LogP contribution in [0.5, 0.6) is 11.5 Å². The van der Waals surface area contributed by atoms with E-state index in [1.807, 2.05) is 19.1 Å². The highest BCUT2D eigenvalue weighted by atomic mass is 127. The lowest BCUT2D eigenvalue weighted by Crippen LogP contribution is -2.37. The van der Waals surface area contributed by atoms with Gasteiger partial charge in [0.2, 0.25) is 0 Å². The van der Waals surface area contributed by atoms with Crippen LogP contribution in [0.3, 0.4) is 0 Å². The van der Waals surface area contributed by atoms with E-state index >= 15 is 0 Å². The summed E-state index contributed by atoms with van der Waals surface area (Å²) in [5.74, 6) is 2.50. The first-order valence-corrected chi connectivity index (χ1v) is 10.9. The van der Waals surface area contributed by atoms with E-state index in [2.05, 4.69) is 44.5 Å². The smallest absolute Gasteiger partial charge is 0.191 e. The summed E-state index contributed by atoms with van der Waals surface area (Å²) in [5.41, 5.74) is 3.37. The van der Waals surface area contributed by atoms with Gasteiger partial charge in [-0.05, 0) is 64.2 Å². The van der Waals surface area contributed by atoms with Crippen LogP contribution >= 0.6 is 24.0 Å². The highest BCUT2D eigenvalue weighted by Gasteiger charge is 2.18. The number of aryl methyl sites for hydroxylation is 3. The summed E-state index contributed by atoms with van der Waals surface area (Å²) in [7, 11) is 3.48. The molecule has 8 heteroatoms. The molecule has 0 saturated heterocycles. The summed E-state index contributed by atoms with van der Waals surface area (Å²) in [6.45, 7) is 6.47. The summed E-state index contributed by atoms with van der Waals surface area (Å²) in [6.07, 6.45) is 6.03. The lowest BCUT2D eigenvalue weighted by molar-refractivity contribution is 0.207. The Morgan fingerprint density at radius 1 is 1.19 bits per heavy atom. The fourth-order valence-corrected chi connectivity index (χ4v) is 3.84. The minimum absolute atomic E-state index is 0. The van der Waals surface area contributed by atoms with Crippen LogP contribution in [0.4, 0.5) is 0 Å². The molecule has 1 fully saturated rings. The molecule has 7 nitrogen and oxygen atoms in total. The van der Waals surface area contributed by atoms with Crippen LogP contribution in [-0.2, 0) is 13.1 Å². The fourth-order valence-electron chi connectivity index (χ4n) is 3.84. The van der Waals surface area contributed by atoms with Crippen LogP contribution in [0, 0.1) is 13.8 Å². The molecular weight excluding hydrogens is 505 g/mol. The number of nitrogens with zero attached hydrogens (tertiary/aromatic N) is 3. The van der Waals surface area contributed by atoms with Crippen molar-refractivity contribution in [2.24, 2.45) is 4.99 Å². The Hall–Kier alpha value is -1.97. The third kappa shape index (κ3) is 7.59. The number of ether oxygens (including phenoxy) is 2. The molecule has 31 heavy (non-hydrogen) atoms. The molecule has 1 aromatic heterocycles. The first-order valence-electron chi connectivity index (χ1n) is 10.9. The van der Waals surface area contributed by atoms with Gasteiger partial charge in [0.25, 0.3) is 0 Å². The van der Waals surface area contributed by atoms with Crippen LogP contribution in [0.2, 0.25) is 0 Å². The first kappa shape index (κ1) is 25.3. The number of guanidine groups is 1. The third-order valence-electron chi connectivity index (χ3n) is 5.48. The van der Waals surface area contributed by atoms with E-state index in [0.29, 0.717) is 12.6 Å². The quantitative estimate of drug-likeness (QED) is 0.216. The van der Waals surface area contributed by atoms with Gasteiger partial charge in [-0.15, -0.1) is 24.0 Å². The monoisotopic (exact) mass is 541 g/mol. The number of aromatic nitrogens is 2. The number of methoxy groups -OCH3 is 1. The van der Waals surface area contributed by atoms with Gasteiger partial charge >= 0.3 is 0 Å². The molecule has 0 unspecified atom stereocenters. The molecule has 1 saturated carbocycles. The maximum atomic E-state index is 6.29. The molecule has 3 rings (SSSR count). The molecule has 2 N–H and O–H groups in total. The summed E-state index contributed by atoms with van der Waals surface area (Å²) < 4.78 is 13.7. The molecule has 1 heterocycles. The molecule has 0 radical (unpaired) electrons. The van der Waals surface area contributed by atoms with E-state index in [0.717, 1.165) is 61.1 Å². The molecular formula is C23H36IN5O2. The van der Waals surface area contributed by atoms with Crippen LogP contribution in [0.15, 0.2) is 29.3 Å². The van der Waals surface area contributed by atoms with Crippen molar-refractivity contribution in [1.82, 2.24) is 20.4 Å². The average molecular weight is 541 g/mol. The predicted octanol–water partition coefficient (Wildman–Crippen LogP) is 4.20. The summed E-state index contributed by atoms with van der Waals surface area (Å²) in [6, 6.07) is 8.13. The van der Waals surface area contributed by atoms with Gasteiger partial charge in [-0.1, -0.05) is 0 Å². The van der Waals surface area contributed by atoms with Crippen molar-refractivity contribution in [2.45, 2.75) is 65.1 Å². The van der Waals surface area contributed by atoms with Gasteiger partial charge in [0.1, 0.15) is 11.5 Å². The summed E-state index contributed by atoms with van der Waals surface area (Å²) in [4.78, 5) is 4.34. The van der Waals surface area contributed by atoms with Gasteiger partial charge < -0.3 is 20.1 Å². The zero-order valence-corrected chi connectivity index (χ0v) is 21.4. The molecule has 0 bridgehead atoms. The maximum Gasteiger partial charge on any atom is 0.191 e. The Labute approximate surface area is 203 Å². The Morgan fingerprint density at radius 3 is 2.61 bits per heavy atom. The number of benzene rings is 1. The second-order valence-corrected chi connectivity index (χ2v) is 7.85. The molecule has 1 aromatic carbocycles. The number of aliphatic imine (C=N–C) groups is 1. The molecule has 1 aliphatic rings. The highest BCUT2D eigenvalue weighted by molar-refractivity contribution is 14.0. The number of hydrogen-bond acceptors (Lipinski definition) is 4. The zero-order chi connectivity index (χ0) is 21.3. The number of rotatable bonds is 9. The van der Waals surface area contributed by atoms with Gasteiger partial charge in [-0.3, -0.25) is 9.67 Å². The standard InChI is InChI=1S/C23H35N5O2.HI/c1-17-14-18(2)28(27-17)13-7-12-25-23(24-3)26-16-19-10-11-21(29-4)15-22(19)30-20-8-5-6-9-20;/h10-11,14-15,20H,5-9,12-13,16H2,1-4H3,(H2,24,25,26);1H. The Morgan fingerprint density at radius 2 is 1.97 bits per heavy atom. The minimum atomic E-state index is 0. The summed E-state index contributed by atoms with van der Waals surface area (Å²) in [5, 5.41) is 11.3. The topological polar surface area (TPSA) is 72.7 Å². The second-order valence-electron chi connectivity index (χ2n) is 7.85.